The van der Waals surface area contributed by atoms with Gasteiger partial charge in [-0.05, 0) is 17.8 Å². The molecule has 0 heterocycles. The fourth-order valence-corrected chi connectivity index (χ4v) is 3.67. The third-order valence-electron chi connectivity index (χ3n) is 4.60. The van der Waals surface area contributed by atoms with E-state index in [0.29, 0.717) is 12.5 Å². The van der Waals surface area contributed by atoms with Crippen LogP contribution in [0, 0.1) is 17.8 Å². The van der Waals surface area contributed by atoms with Crippen molar-refractivity contribution in [2.24, 2.45) is 17.8 Å². The first-order valence-corrected chi connectivity index (χ1v) is 7.10. The monoisotopic (exact) mass is 236 g/mol. The average Bonchev–Trinajstić information content (AvgIpc) is 3.01. The summed E-state index contributed by atoms with van der Waals surface area (Å²) in [7, 11) is 0. The Bertz CT molecular complexity index is 244. The van der Waals surface area contributed by atoms with Crippen LogP contribution in [0.2, 0.25) is 0 Å². The van der Waals surface area contributed by atoms with E-state index >= 15 is 0 Å². The molecule has 2 aliphatic carbocycles. The van der Waals surface area contributed by atoms with Crippen LogP contribution in [0.1, 0.15) is 51.4 Å². The fraction of sp³-hybridized carbons (Fsp3) is 0.800. The quantitative estimate of drug-likeness (QED) is 0.537. The van der Waals surface area contributed by atoms with Crippen molar-refractivity contribution in [2.45, 2.75) is 51.4 Å². The highest BCUT2D eigenvalue weighted by atomic mass is 16.5. The highest BCUT2D eigenvalue weighted by molar-refractivity contribution is 5.81. The molecule has 0 aliphatic heterocycles. The van der Waals surface area contributed by atoms with Gasteiger partial charge in [0.25, 0.3) is 0 Å². The normalized spacial score (nSPS) is 22.2. The Morgan fingerprint density at radius 1 is 1.12 bits per heavy atom. The van der Waals surface area contributed by atoms with E-state index in [0.717, 1.165) is 11.8 Å². The van der Waals surface area contributed by atoms with Gasteiger partial charge in [0, 0.05) is 6.08 Å². The van der Waals surface area contributed by atoms with E-state index in [2.05, 4.69) is 6.58 Å². The lowest BCUT2D eigenvalue weighted by Crippen LogP contribution is -2.26. The summed E-state index contributed by atoms with van der Waals surface area (Å²) in [6.07, 6.45) is 12.1. The third kappa shape index (κ3) is 3.34. The number of carbonyl (C=O) groups excluding carboxylic acids is 1. The van der Waals surface area contributed by atoms with E-state index in [-0.39, 0.29) is 5.97 Å². The van der Waals surface area contributed by atoms with Crippen molar-refractivity contribution in [3.63, 3.8) is 0 Å². The Labute approximate surface area is 104 Å². The molecule has 2 rings (SSSR count). The SMILES string of the molecule is C=CC(=O)OCC(C1CCCC1)C1CCCC1. The largest absolute Gasteiger partial charge is 0.462 e. The maximum Gasteiger partial charge on any atom is 0.330 e. The molecule has 17 heavy (non-hydrogen) atoms. The number of ether oxygens (including phenoxy) is 1. The zero-order valence-corrected chi connectivity index (χ0v) is 10.7. The first kappa shape index (κ1) is 12.7. The number of esters is 1. The molecule has 0 unspecified atom stereocenters. The van der Waals surface area contributed by atoms with Crippen LogP contribution >= 0.6 is 0 Å². The van der Waals surface area contributed by atoms with Gasteiger partial charge in [0.1, 0.15) is 0 Å². The van der Waals surface area contributed by atoms with Gasteiger partial charge in [0.05, 0.1) is 6.61 Å². The summed E-state index contributed by atoms with van der Waals surface area (Å²) < 4.78 is 5.32. The molecule has 2 aliphatic rings. The molecule has 0 N–H and O–H groups in total. The van der Waals surface area contributed by atoms with Crippen LogP contribution < -0.4 is 0 Å². The average molecular weight is 236 g/mol. The van der Waals surface area contributed by atoms with Crippen LogP contribution in [0.15, 0.2) is 12.7 Å². The molecule has 0 bridgehead atoms. The molecule has 96 valence electrons. The molecule has 0 aromatic carbocycles. The third-order valence-corrected chi connectivity index (χ3v) is 4.60. The summed E-state index contributed by atoms with van der Waals surface area (Å²) >= 11 is 0. The van der Waals surface area contributed by atoms with Crippen LogP contribution in [-0.2, 0) is 9.53 Å². The van der Waals surface area contributed by atoms with Crippen molar-refractivity contribution < 1.29 is 9.53 Å². The Morgan fingerprint density at radius 2 is 1.59 bits per heavy atom. The highest BCUT2D eigenvalue weighted by Gasteiger charge is 2.33. The van der Waals surface area contributed by atoms with Gasteiger partial charge in [-0.3, -0.25) is 0 Å². The van der Waals surface area contributed by atoms with Crippen LogP contribution in [0.3, 0.4) is 0 Å². The van der Waals surface area contributed by atoms with Gasteiger partial charge >= 0.3 is 5.97 Å². The first-order chi connectivity index (χ1) is 8.31. The first-order valence-electron chi connectivity index (χ1n) is 7.10. The highest BCUT2D eigenvalue weighted by Crippen LogP contribution is 2.41. The van der Waals surface area contributed by atoms with Gasteiger partial charge in [0.2, 0.25) is 0 Å². The number of hydrogen-bond acceptors (Lipinski definition) is 2. The summed E-state index contributed by atoms with van der Waals surface area (Å²) in [5.41, 5.74) is 0. The minimum absolute atomic E-state index is 0.258. The van der Waals surface area contributed by atoms with Gasteiger partial charge in [-0.1, -0.05) is 57.9 Å². The van der Waals surface area contributed by atoms with Gasteiger partial charge in [-0.15, -0.1) is 0 Å². The van der Waals surface area contributed by atoms with Crippen molar-refractivity contribution >= 4 is 5.97 Å². The Balaban J connectivity index is 1.90. The molecule has 2 fully saturated rings. The second-order valence-electron chi connectivity index (χ2n) is 5.59. The van der Waals surface area contributed by atoms with Crippen molar-refractivity contribution in [3.05, 3.63) is 12.7 Å². The van der Waals surface area contributed by atoms with Crippen molar-refractivity contribution in [1.82, 2.24) is 0 Å². The Kier molecular flexibility index (Phi) is 4.64. The predicted molar refractivity (Wildman–Crippen MR) is 68.6 cm³/mol. The molecule has 0 amide bonds. The lowest BCUT2D eigenvalue weighted by molar-refractivity contribution is -0.140. The number of carbonyl (C=O) groups is 1. The second-order valence-corrected chi connectivity index (χ2v) is 5.59. The molecule has 0 aromatic heterocycles. The zero-order chi connectivity index (χ0) is 12.1. The van der Waals surface area contributed by atoms with Crippen LogP contribution in [0.5, 0.6) is 0 Å². The smallest absolute Gasteiger partial charge is 0.330 e. The molecular weight excluding hydrogens is 212 g/mol. The van der Waals surface area contributed by atoms with E-state index in [9.17, 15) is 4.79 Å². The van der Waals surface area contributed by atoms with E-state index in [1.54, 1.807) is 0 Å². The van der Waals surface area contributed by atoms with Crippen molar-refractivity contribution in [2.75, 3.05) is 6.61 Å². The van der Waals surface area contributed by atoms with E-state index in [1.807, 2.05) is 0 Å². The topological polar surface area (TPSA) is 26.3 Å². The van der Waals surface area contributed by atoms with E-state index < -0.39 is 0 Å². The predicted octanol–water partition coefficient (Wildman–Crippen LogP) is 3.71. The zero-order valence-electron chi connectivity index (χ0n) is 10.7. The van der Waals surface area contributed by atoms with Crippen molar-refractivity contribution in [1.29, 1.82) is 0 Å². The summed E-state index contributed by atoms with van der Waals surface area (Å²) in [6.45, 7) is 4.08. The number of rotatable bonds is 5. The van der Waals surface area contributed by atoms with Crippen LogP contribution in [-0.4, -0.2) is 12.6 Å². The Hall–Kier alpha value is -0.790. The van der Waals surface area contributed by atoms with Gasteiger partial charge in [-0.25, -0.2) is 4.79 Å². The van der Waals surface area contributed by atoms with Crippen LogP contribution in [0.4, 0.5) is 0 Å². The second kappa shape index (κ2) is 6.23. The lowest BCUT2D eigenvalue weighted by Gasteiger charge is -2.28. The maximum atomic E-state index is 11.2. The molecular formula is C15H24O2. The van der Waals surface area contributed by atoms with Gasteiger partial charge in [0.15, 0.2) is 0 Å². The standard InChI is InChI=1S/C15H24O2/c1-2-15(16)17-11-14(12-7-3-4-8-12)13-9-5-6-10-13/h2,12-14H,1,3-11H2. The Morgan fingerprint density at radius 3 is 2.00 bits per heavy atom. The lowest BCUT2D eigenvalue weighted by atomic mass is 9.80. The minimum atomic E-state index is -0.258. The fourth-order valence-electron chi connectivity index (χ4n) is 3.67. The summed E-state index contributed by atoms with van der Waals surface area (Å²) in [5.74, 6) is 1.96. The molecule has 2 heteroatoms. The molecule has 0 atom stereocenters. The maximum absolute atomic E-state index is 11.2. The molecule has 0 radical (unpaired) electrons. The molecule has 0 spiro atoms. The molecule has 0 saturated heterocycles. The molecule has 0 aromatic rings. The molecule has 2 nitrogen and oxygen atoms in total. The van der Waals surface area contributed by atoms with E-state index in [1.165, 1.54) is 57.4 Å². The van der Waals surface area contributed by atoms with Gasteiger partial charge in [-0.2, -0.15) is 0 Å². The van der Waals surface area contributed by atoms with Gasteiger partial charge < -0.3 is 4.74 Å². The summed E-state index contributed by atoms with van der Waals surface area (Å²) in [6, 6.07) is 0. The summed E-state index contributed by atoms with van der Waals surface area (Å²) in [5, 5.41) is 0. The number of hydrogen-bond donors (Lipinski definition) is 0. The van der Waals surface area contributed by atoms with E-state index in [4.69, 9.17) is 4.74 Å². The minimum Gasteiger partial charge on any atom is -0.462 e. The molecule has 2 saturated carbocycles. The van der Waals surface area contributed by atoms with Crippen LogP contribution in [0.25, 0.3) is 0 Å². The van der Waals surface area contributed by atoms with Crippen molar-refractivity contribution in [3.8, 4) is 0 Å². The summed E-state index contributed by atoms with van der Waals surface area (Å²) in [4.78, 5) is 11.2.